The van der Waals surface area contributed by atoms with Crippen molar-refractivity contribution in [2.75, 3.05) is 0 Å². The zero-order valence-electron chi connectivity index (χ0n) is 9.41. The first kappa shape index (κ1) is 11.7. The van der Waals surface area contributed by atoms with E-state index in [4.69, 9.17) is 0 Å². The van der Waals surface area contributed by atoms with Gasteiger partial charge >= 0.3 is 0 Å². The third kappa shape index (κ3) is 4.58. The third-order valence-electron chi connectivity index (χ3n) is 3.05. The van der Waals surface area contributed by atoms with Crippen molar-refractivity contribution in [1.82, 2.24) is 0 Å². The van der Waals surface area contributed by atoms with Crippen LogP contribution >= 0.6 is 0 Å². The summed E-state index contributed by atoms with van der Waals surface area (Å²) in [4.78, 5) is 0. The van der Waals surface area contributed by atoms with Crippen molar-refractivity contribution in [3.05, 3.63) is 12.2 Å². The molecular weight excluding hydrogens is 144 g/mol. The van der Waals surface area contributed by atoms with Crippen molar-refractivity contribution in [2.24, 2.45) is 11.3 Å². The summed E-state index contributed by atoms with van der Waals surface area (Å²) >= 11 is 0. The second-order valence-electron chi connectivity index (χ2n) is 4.80. The number of allylic oxidation sites excluding steroid dienone is 1. The number of rotatable bonds is 5. The van der Waals surface area contributed by atoms with Crippen LogP contribution in [0.5, 0.6) is 0 Å². The van der Waals surface area contributed by atoms with Gasteiger partial charge in [0.05, 0.1) is 0 Å². The summed E-state index contributed by atoms with van der Waals surface area (Å²) in [6, 6.07) is 0. The van der Waals surface area contributed by atoms with Crippen LogP contribution in [0.2, 0.25) is 0 Å². The molecule has 0 saturated carbocycles. The molecule has 72 valence electrons. The standard InChI is InChI=1S/C12H24/c1-7-12(5,6)9-8-11(4)10(2)3/h11H,2,7-9H2,1,3-6H3. The Balaban J connectivity index is 3.75. The zero-order valence-corrected chi connectivity index (χ0v) is 9.41. The first-order valence-electron chi connectivity index (χ1n) is 5.04. The molecule has 12 heavy (non-hydrogen) atoms. The van der Waals surface area contributed by atoms with Crippen LogP contribution in [0.3, 0.4) is 0 Å². The van der Waals surface area contributed by atoms with E-state index in [-0.39, 0.29) is 0 Å². The van der Waals surface area contributed by atoms with Crippen molar-refractivity contribution in [1.29, 1.82) is 0 Å². The highest BCUT2D eigenvalue weighted by molar-refractivity contribution is 4.94. The molecule has 0 nitrogen and oxygen atoms in total. The maximum Gasteiger partial charge on any atom is -0.0237 e. The van der Waals surface area contributed by atoms with Crippen LogP contribution in [-0.4, -0.2) is 0 Å². The van der Waals surface area contributed by atoms with Crippen LogP contribution in [0.1, 0.15) is 53.9 Å². The van der Waals surface area contributed by atoms with Crippen molar-refractivity contribution in [3.8, 4) is 0 Å². The molecule has 1 atom stereocenters. The SMILES string of the molecule is C=C(C)C(C)CCC(C)(C)CC. The lowest BCUT2D eigenvalue weighted by Gasteiger charge is -2.24. The predicted molar refractivity (Wildman–Crippen MR) is 57.3 cm³/mol. The summed E-state index contributed by atoms with van der Waals surface area (Å²) in [6.45, 7) is 15.3. The molecule has 0 fully saturated rings. The van der Waals surface area contributed by atoms with Gasteiger partial charge in [-0.25, -0.2) is 0 Å². The molecule has 0 radical (unpaired) electrons. The van der Waals surface area contributed by atoms with E-state index in [0.717, 1.165) is 0 Å². The predicted octanol–water partition coefficient (Wildman–Crippen LogP) is 4.42. The first-order valence-corrected chi connectivity index (χ1v) is 5.04. The van der Waals surface area contributed by atoms with E-state index in [0.29, 0.717) is 11.3 Å². The van der Waals surface area contributed by atoms with Crippen molar-refractivity contribution >= 4 is 0 Å². The fraction of sp³-hybridized carbons (Fsp3) is 0.833. The molecule has 0 heterocycles. The van der Waals surface area contributed by atoms with Gasteiger partial charge in [0.15, 0.2) is 0 Å². The number of hydrogen-bond acceptors (Lipinski definition) is 0. The summed E-state index contributed by atoms with van der Waals surface area (Å²) in [7, 11) is 0. The van der Waals surface area contributed by atoms with Gasteiger partial charge in [-0.15, -0.1) is 0 Å². The molecule has 0 aromatic heterocycles. The van der Waals surface area contributed by atoms with Gasteiger partial charge in [-0.2, -0.15) is 0 Å². The van der Waals surface area contributed by atoms with Gasteiger partial charge in [-0.1, -0.05) is 46.3 Å². The van der Waals surface area contributed by atoms with Crippen molar-refractivity contribution < 1.29 is 0 Å². The Hall–Kier alpha value is -0.260. The van der Waals surface area contributed by atoms with E-state index in [1.807, 2.05) is 0 Å². The van der Waals surface area contributed by atoms with Gasteiger partial charge in [0.1, 0.15) is 0 Å². The maximum absolute atomic E-state index is 3.98. The largest absolute Gasteiger partial charge is 0.0999 e. The van der Waals surface area contributed by atoms with E-state index >= 15 is 0 Å². The lowest BCUT2D eigenvalue weighted by atomic mass is 9.82. The average Bonchev–Trinajstić information content (AvgIpc) is 2.00. The molecule has 0 aromatic carbocycles. The fourth-order valence-corrected chi connectivity index (χ4v) is 1.03. The Labute approximate surface area is 78.1 Å². The van der Waals surface area contributed by atoms with Gasteiger partial charge in [-0.05, 0) is 31.1 Å². The van der Waals surface area contributed by atoms with E-state index in [1.54, 1.807) is 0 Å². The maximum atomic E-state index is 3.98. The summed E-state index contributed by atoms with van der Waals surface area (Å²) in [5.41, 5.74) is 1.84. The van der Waals surface area contributed by atoms with Crippen molar-refractivity contribution in [2.45, 2.75) is 53.9 Å². The molecule has 0 heteroatoms. The Bertz CT molecular complexity index is 142. The summed E-state index contributed by atoms with van der Waals surface area (Å²) in [6.07, 6.45) is 3.88. The van der Waals surface area contributed by atoms with Gasteiger partial charge in [0.25, 0.3) is 0 Å². The highest BCUT2D eigenvalue weighted by Crippen LogP contribution is 2.29. The zero-order chi connectivity index (χ0) is 9.78. The van der Waals surface area contributed by atoms with Gasteiger partial charge < -0.3 is 0 Å². The smallest absolute Gasteiger partial charge is 0.0237 e. The Kier molecular flexibility index (Phi) is 4.59. The Morgan fingerprint density at radius 1 is 1.42 bits per heavy atom. The Morgan fingerprint density at radius 3 is 2.25 bits per heavy atom. The third-order valence-corrected chi connectivity index (χ3v) is 3.05. The van der Waals surface area contributed by atoms with E-state index < -0.39 is 0 Å². The van der Waals surface area contributed by atoms with Crippen LogP contribution in [0.4, 0.5) is 0 Å². The molecule has 0 N–H and O–H groups in total. The lowest BCUT2D eigenvalue weighted by molar-refractivity contribution is 0.297. The van der Waals surface area contributed by atoms with Crippen LogP contribution in [0.25, 0.3) is 0 Å². The molecule has 0 spiro atoms. The van der Waals surface area contributed by atoms with Crippen LogP contribution in [-0.2, 0) is 0 Å². The summed E-state index contributed by atoms with van der Waals surface area (Å²) in [5.74, 6) is 0.691. The molecule has 0 bridgehead atoms. The average molecular weight is 168 g/mol. The minimum Gasteiger partial charge on any atom is -0.0999 e. The molecular formula is C12H24. The topological polar surface area (TPSA) is 0 Å². The summed E-state index contributed by atoms with van der Waals surface area (Å²) in [5, 5.41) is 0. The fourth-order valence-electron chi connectivity index (χ4n) is 1.03. The van der Waals surface area contributed by atoms with Crippen LogP contribution in [0, 0.1) is 11.3 Å². The minimum absolute atomic E-state index is 0.518. The van der Waals surface area contributed by atoms with Crippen LogP contribution in [0.15, 0.2) is 12.2 Å². The molecule has 0 rings (SSSR count). The highest BCUT2D eigenvalue weighted by atomic mass is 14.2. The van der Waals surface area contributed by atoms with E-state index in [1.165, 1.54) is 24.8 Å². The van der Waals surface area contributed by atoms with E-state index in [9.17, 15) is 0 Å². The molecule has 0 amide bonds. The van der Waals surface area contributed by atoms with Gasteiger partial charge in [0.2, 0.25) is 0 Å². The Morgan fingerprint density at radius 2 is 1.92 bits per heavy atom. The molecule has 0 aromatic rings. The van der Waals surface area contributed by atoms with Crippen molar-refractivity contribution in [3.63, 3.8) is 0 Å². The summed E-state index contributed by atoms with van der Waals surface area (Å²) < 4.78 is 0. The molecule has 0 aliphatic carbocycles. The minimum atomic E-state index is 0.518. The molecule has 1 unspecified atom stereocenters. The molecule has 0 aliphatic heterocycles. The monoisotopic (exact) mass is 168 g/mol. The first-order chi connectivity index (χ1) is 5.39. The quantitative estimate of drug-likeness (QED) is 0.533. The van der Waals surface area contributed by atoms with Gasteiger partial charge in [-0.3, -0.25) is 0 Å². The lowest BCUT2D eigenvalue weighted by Crippen LogP contribution is -2.11. The van der Waals surface area contributed by atoms with Crippen LogP contribution < -0.4 is 0 Å². The number of hydrogen-bond donors (Lipinski definition) is 0. The second kappa shape index (κ2) is 4.69. The normalized spacial score (nSPS) is 14.4. The molecule has 0 aliphatic rings. The highest BCUT2D eigenvalue weighted by Gasteiger charge is 2.16. The second-order valence-corrected chi connectivity index (χ2v) is 4.80. The molecule has 0 saturated heterocycles. The van der Waals surface area contributed by atoms with E-state index in [2.05, 4.69) is 41.2 Å². The van der Waals surface area contributed by atoms with Gasteiger partial charge in [0, 0.05) is 0 Å².